The maximum Gasteiger partial charge on any atom is 0.323 e. The standard InChI is InChI=1S/C19H22N6O/c1-14-13-18(23-25(14)16-5-3-2-4-6-16)21-19(26)24-11-8-15(9-12-24)17-7-10-20-22-17/h2-7,10,13,15H,8-9,11-12H2,1H3,(H,20,22)(H,21,23,26). The molecule has 1 fully saturated rings. The summed E-state index contributed by atoms with van der Waals surface area (Å²) in [7, 11) is 0. The molecule has 3 heterocycles. The molecular formula is C19H22N6O. The Morgan fingerprint density at radius 3 is 2.65 bits per heavy atom. The Morgan fingerprint density at radius 1 is 1.19 bits per heavy atom. The Kier molecular flexibility index (Phi) is 4.43. The number of piperidine rings is 1. The van der Waals surface area contributed by atoms with E-state index in [0.717, 1.165) is 43.0 Å². The van der Waals surface area contributed by atoms with Crippen LogP contribution in [0.2, 0.25) is 0 Å². The van der Waals surface area contributed by atoms with Gasteiger partial charge in [0.1, 0.15) is 0 Å². The zero-order valence-corrected chi connectivity index (χ0v) is 14.7. The van der Waals surface area contributed by atoms with Gasteiger partial charge < -0.3 is 4.90 Å². The van der Waals surface area contributed by atoms with Crippen molar-refractivity contribution < 1.29 is 4.79 Å². The molecule has 2 amide bonds. The van der Waals surface area contributed by atoms with Gasteiger partial charge in [-0.3, -0.25) is 10.4 Å². The number of carbonyl (C=O) groups is 1. The molecule has 2 aromatic heterocycles. The number of para-hydroxylation sites is 1. The van der Waals surface area contributed by atoms with E-state index in [1.165, 1.54) is 0 Å². The van der Waals surface area contributed by atoms with Crippen LogP contribution in [0, 0.1) is 6.92 Å². The predicted molar refractivity (Wildman–Crippen MR) is 99.5 cm³/mol. The van der Waals surface area contributed by atoms with Crippen molar-refractivity contribution in [1.29, 1.82) is 0 Å². The first-order valence-electron chi connectivity index (χ1n) is 8.88. The first-order chi connectivity index (χ1) is 12.7. The van der Waals surface area contributed by atoms with Crippen molar-refractivity contribution >= 4 is 11.8 Å². The van der Waals surface area contributed by atoms with Gasteiger partial charge in [-0.25, -0.2) is 9.48 Å². The highest BCUT2D eigenvalue weighted by Crippen LogP contribution is 2.26. The fourth-order valence-electron chi connectivity index (χ4n) is 3.44. The Labute approximate surface area is 152 Å². The first kappa shape index (κ1) is 16.4. The minimum absolute atomic E-state index is 0.0919. The van der Waals surface area contributed by atoms with Gasteiger partial charge in [-0.2, -0.15) is 5.10 Å². The molecule has 7 heteroatoms. The molecule has 0 radical (unpaired) electrons. The topological polar surface area (TPSA) is 78.8 Å². The number of hydrogen-bond acceptors (Lipinski definition) is 3. The van der Waals surface area contributed by atoms with Crippen molar-refractivity contribution in [3.63, 3.8) is 0 Å². The molecule has 1 saturated heterocycles. The number of aryl methyl sites for hydroxylation is 1. The summed E-state index contributed by atoms with van der Waals surface area (Å²) in [6, 6.07) is 13.7. The lowest BCUT2D eigenvalue weighted by Crippen LogP contribution is -2.40. The monoisotopic (exact) mass is 350 g/mol. The fraction of sp³-hybridized carbons (Fsp3) is 0.316. The van der Waals surface area contributed by atoms with Gasteiger partial charge in [0.15, 0.2) is 5.82 Å². The van der Waals surface area contributed by atoms with Crippen LogP contribution in [-0.4, -0.2) is 44.0 Å². The highest BCUT2D eigenvalue weighted by molar-refractivity contribution is 5.88. The quantitative estimate of drug-likeness (QED) is 0.760. The maximum atomic E-state index is 12.6. The number of anilines is 1. The van der Waals surface area contributed by atoms with Gasteiger partial charge in [-0.15, -0.1) is 5.10 Å². The normalized spacial score (nSPS) is 15.2. The third-order valence-electron chi connectivity index (χ3n) is 4.87. The van der Waals surface area contributed by atoms with Crippen molar-refractivity contribution in [2.75, 3.05) is 18.4 Å². The van der Waals surface area contributed by atoms with E-state index in [4.69, 9.17) is 0 Å². The number of hydrogen-bond donors (Lipinski definition) is 2. The molecule has 1 aliphatic rings. The molecule has 0 unspecified atom stereocenters. The summed E-state index contributed by atoms with van der Waals surface area (Å²) >= 11 is 0. The van der Waals surface area contributed by atoms with E-state index in [0.29, 0.717) is 11.7 Å². The number of amides is 2. The Bertz CT molecular complexity index is 863. The number of aromatic amines is 1. The molecule has 1 aromatic carbocycles. The van der Waals surface area contributed by atoms with E-state index in [-0.39, 0.29) is 6.03 Å². The number of carbonyl (C=O) groups excluding carboxylic acids is 1. The highest BCUT2D eigenvalue weighted by Gasteiger charge is 2.25. The van der Waals surface area contributed by atoms with Crippen molar-refractivity contribution in [3.05, 3.63) is 60.0 Å². The molecule has 1 aliphatic heterocycles. The van der Waals surface area contributed by atoms with Gasteiger partial charge >= 0.3 is 6.03 Å². The van der Waals surface area contributed by atoms with Gasteiger partial charge in [0.25, 0.3) is 0 Å². The summed E-state index contributed by atoms with van der Waals surface area (Å²) in [6.07, 6.45) is 3.65. The number of urea groups is 1. The molecule has 134 valence electrons. The van der Waals surface area contributed by atoms with Crippen LogP contribution in [0.25, 0.3) is 5.69 Å². The number of nitrogens with zero attached hydrogens (tertiary/aromatic N) is 4. The number of benzene rings is 1. The lowest BCUT2D eigenvalue weighted by molar-refractivity contribution is 0.194. The number of aromatic nitrogens is 4. The van der Waals surface area contributed by atoms with Crippen LogP contribution in [0.3, 0.4) is 0 Å². The van der Waals surface area contributed by atoms with Gasteiger partial charge in [0.05, 0.1) is 5.69 Å². The summed E-state index contributed by atoms with van der Waals surface area (Å²) in [6.45, 7) is 3.44. The lowest BCUT2D eigenvalue weighted by Gasteiger charge is -2.31. The first-order valence-corrected chi connectivity index (χ1v) is 8.88. The van der Waals surface area contributed by atoms with Gasteiger partial charge in [0.2, 0.25) is 0 Å². The summed E-state index contributed by atoms with van der Waals surface area (Å²) in [5.41, 5.74) is 3.11. The van der Waals surface area contributed by atoms with Crippen LogP contribution in [0.1, 0.15) is 30.1 Å². The zero-order chi connectivity index (χ0) is 17.9. The Balaban J connectivity index is 1.38. The van der Waals surface area contributed by atoms with E-state index in [1.54, 1.807) is 6.20 Å². The molecule has 2 N–H and O–H groups in total. The van der Waals surface area contributed by atoms with Gasteiger partial charge in [0, 0.05) is 42.7 Å². The minimum atomic E-state index is -0.0919. The van der Waals surface area contributed by atoms with Crippen LogP contribution in [-0.2, 0) is 0 Å². The Morgan fingerprint density at radius 2 is 1.96 bits per heavy atom. The van der Waals surface area contributed by atoms with Crippen molar-refractivity contribution in [3.8, 4) is 5.69 Å². The average molecular weight is 350 g/mol. The number of H-pyrrole nitrogens is 1. The molecule has 0 bridgehead atoms. The highest BCUT2D eigenvalue weighted by atomic mass is 16.2. The molecule has 0 aliphatic carbocycles. The van der Waals surface area contributed by atoms with E-state index in [9.17, 15) is 4.79 Å². The van der Waals surface area contributed by atoms with Gasteiger partial charge in [-0.05, 0) is 38.0 Å². The van der Waals surface area contributed by atoms with E-state index in [2.05, 4.69) is 20.6 Å². The third-order valence-corrected chi connectivity index (χ3v) is 4.87. The van der Waals surface area contributed by atoms with Crippen LogP contribution in [0.5, 0.6) is 0 Å². The van der Waals surface area contributed by atoms with Gasteiger partial charge in [-0.1, -0.05) is 18.2 Å². The largest absolute Gasteiger partial charge is 0.324 e. The van der Waals surface area contributed by atoms with E-state index >= 15 is 0 Å². The van der Waals surface area contributed by atoms with Crippen LogP contribution < -0.4 is 5.32 Å². The molecule has 4 rings (SSSR count). The predicted octanol–water partition coefficient (Wildman–Crippen LogP) is 3.32. The van der Waals surface area contributed by atoms with Crippen molar-refractivity contribution in [2.24, 2.45) is 0 Å². The smallest absolute Gasteiger partial charge is 0.323 e. The maximum absolute atomic E-state index is 12.6. The van der Waals surface area contributed by atoms with Crippen LogP contribution in [0.15, 0.2) is 48.7 Å². The fourth-order valence-corrected chi connectivity index (χ4v) is 3.44. The second-order valence-corrected chi connectivity index (χ2v) is 6.62. The molecule has 0 saturated carbocycles. The summed E-state index contributed by atoms with van der Waals surface area (Å²) in [5, 5.41) is 14.5. The molecule has 0 atom stereocenters. The number of rotatable bonds is 3. The summed E-state index contributed by atoms with van der Waals surface area (Å²) in [4.78, 5) is 14.4. The zero-order valence-electron chi connectivity index (χ0n) is 14.7. The second-order valence-electron chi connectivity index (χ2n) is 6.62. The molecule has 26 heavy (non-hydrogen) atoms. The van der Waals surface area contributed by atoms with E-state index in [1.807, 2.05) is 59.0 Å². The number of nitrogens with one attached hydrogen (secondary N) is 2. The van der Waals surface area contributed by atoms with Crippen molar-refractivity contribution in [2.45, 2.75) is 25.7 Å². The lowest BCUT2D eigenvalue weighted by atomic mass is 9.94. The third kappa shape index (κ3) is 3.33. The minimum Gasteiger partial charge on any atom is -0.324 e. The molecular weight excluding hydrogens is 328 g/mol. The average Bonchev–Trinajstić information content (AvgIpc) is 3.32. The SMILES string of the molecule is Cc1cc(NC(=O)N2CCC(c3ccn[nH]3)CC2)nn1-c1ccccc1. The van der Waals surface area contributed by atoms with E-state index < -0.39 is 0 Å². The molecule has 3 aromatic rings. The second kappa shape index (κ2) is 7.03. The van der Waals surface area contributed by atoms with Crippen LogP contribution in [0.4, 0.5) is 10.6 Å². The molecule has 0 spiro atoms. The van der Waals surface area contributed by atoms with Crippen molar-refractivity contribution in [1.82, 2.24) is 24.9 Å². The Hall–Kier alpha value is -3.09. The summed E-state index contributed by atoms with van der Waals surface area (Å²) in [5.74, 6) is 1.02. The summed E-state index contributed by atoms with van der Waals surface area (Å²) < 4.78 is 1.83. The molecule has 7 nitrogen and oxygen atoms in total. The van der Waals surface area contributed by atoms with Crippen LogP contribution >= 0.6 is 0 Å². The number of likely N-dealkylation sites (tertiary alicyclic amines) is 1.